The molecule has 6 nitrogen and oxygen atoms in total. The Balaban J connectivity index is 1.41. The molecule has 0 unspecified atom stereocenters. The Kier molecular flexibility index (Phi) is 5.43. The lowest BCUT2D eigenvalue weighted by Gasteiger charge is -2.19. The van der Waals surface area contributed by atoms with Gasteiger partial charge in [-0.25, -0.2) is 0 Å². The Morgan fingerprint density at radius 3 is 2.47 bits per heavy atom. The van der Waals surface area contributed by atoms with Crippen molar-refractivity contribution < 1.29 is 9.32 Å². The van der Waals surface area contributed by atoms with Gasteiger partial charge in [-0.1, -0.05) is 68.4 Å². The van der Waals surface area contributed by atoms with E-state index in [1.165, 1.54) is 5.56 Å². The van der Waals surface area contributed by atoms with E-state index >= 15 is 0 Å². The quantitative estimate of drug-likeness (QED) is 0.705. The first kappa shape index (κ1) is 20.3. The maximum atomic E-state index is 12.7. The lowest BCUT2D eigenvalue weighted by molar-refractivity contribution is 0.0938. The van der Waals surface area contributed by atoms with E-state index < -0.39 is 0 Å². The summed E-state index contributed by atoms with van der Waals surface area (Å²) in [5.74, 6) is 1.12. The normalized spacial score (nSPS) is 19.7. The number of nitrogens with zero attached hydrogens (tertiary/aromatic N) is 3. The van der Waals surface area contributed by atoms with Crippen LogP contribution in [0.15, 0.2) is 59.1 Å². The van der Waals surface area contributed by atoms with Gasteiger partial charge in [-0.2, -0.15) is 4.98 Å². The van der Waals surface area contributed by atoms with Gasteiger partial charge in [0, 0.05) is 23.7 Å². The minimum Gasteiger partial charge on any atom is -0.348 e. The average molecular weight is 405 g/mol. The zero-order valence-electron chi connectivity index (χ0n) is 17.9. The third-order valence-corrected chi connectivity index (χ3v) is 5.66. The molecule has 3 aromatic rings. The summed E-state index contributed by atoms with van der Waals surface area (Å²) in [6, 6.07) is 17.7. The third-order valence-electron chi connectivity index (χ3n) is 5.66. The maximum absolute atomic E-state index is 12.7. The van der Waals surface area contributed by atoms with Crippen molar-refractivity contribution in [1.29, 1.82) is 0 Å². The van der Waals surface area contributed by atoms with Gasteiger partial charge in [-0.3, -0.25) is 9.69 Å². The molecule has 1 aliphatic rings. The molecular formula is C24H28N4O2. The van der Waals surface area contributed by atoms with Gasteiger partial charge in [0.1, 0.15) is 0 Å². The van der Waals surface area contributed by atoms with Crippen LogP contribution in [0.1, 0.15) is 55.0 Å². The fourth-order valence-electron chi connectivity index (χ4n) is 3.86. The van der Waals surface area contributed by atoms with Crippen molar-refractivity contribution in [1.82, 2.24) is 20.4 Å². The van der Waals surface area contributed by atoms with Crippen molar-refractivity contribution in [2.45, 2.75) is 44.7 Å². The van der Waals surface area contributed by atoms with E-state index in [1.54, 1.807) is 0 Å². The second kappa shape index (κ2) is 8.03. The minimum atomic E-state index is -0.0509. The van der Waals surface area contributed by atoms with Crippen molar-refractivity contribution in [2.24, 2.45) is 0 Å². The molecule has 1 aliphatic heterocycles. The second-order valence-electron chi connectivity index (χ2n) is 9.01. The molecule has 0 saturated carbocycles. The highest BCUT2D eigenvalue weighted by Crippen LogP contribution is 2.31. The van der Waals surface area contributed by atoms with Crippen LogP contribution in [0.25, 0.3) is 11.4 Å². The molecule has 2 atom stereocenters. The van der Waals surface area contributed by atoms with Crippen LogP contribution in [0.3, 0.4) is 0 Å². The molecule has 2 aromatic carbocycles. The molecule has 1 N–H and O–H groups in total. The van der Waals surface area contributed by atoms with Crippen LogP contribution in [0.4, 0.5) is 0 Å². The number of likely N-dealkylation sites (tertiary alicyclic amines) is 1. The molecule has 0 aliphatic carbocycles. The van der Waals surface area contributed by atoms with Gasteiger partial charge >= 0.3 is 0 Å². The first-order chi connectivity index (χ1) is 14.3. The number of hydrogen-bond donors (Lipinski definition) is 1. The van der Waals surface area contributed by atoms with Crippen LogP contribution >= 0.6 is 0 Å². The lowest BCUT2D eigenvalue weighted by Crippen LogP contribution is -2.36. The molecule has 0 spiro atoms. The SMILES string of the molecule is CN1C[C@H](NC(=O)c2ccc(C(C)(C)C)cc2)C[C@H]1c1nc(-c2ccccc2)no1. The summed E-state index contributed by atoms with van der Waals surface area (Å²) in [6.45, 7) is 7.23. The summed E-state index contributed by atoms with van der Waals surface area (Å²) >= 11 is 0. The average Bonchev–Trinajstić information content (AvgIpc) is 3.35. The van der Waals surface area contributed by atoms with Gasteiger partial charge in [-0.15, -0.1) is 0 Å². The number of likely N-dealkylation sites (N-methyl/N-ethyl adjacent to an activating group) is 1. The molecule has 6 heteroatoms. The van der Waals surface area contributed by atoms with E-state index in [4.69, 9.17) is 4.52 Å². The van der Waals surface area contributed by atoms with E-state index in [0.717, 1.165) is 18.5 Å². The molecule has 1 aromatic heterocycles. The Morgan fingerprint density at radius 1 is 1.10 bits per heavy atom. The number of carbonyl (C=O) groups excluding carboxylic acids is 1. The zero-order chi connectivity index (χ0) is 21.3. The molecule has 0 radical (unpaired) electrons. The van der Waals surface area contributed by atoms with Crippen molar-refractivity contribution in [3.8, 4) is 11.4 Å². The topological polar surface area (TPSA) is 71.3 Å². The standard InChI is InChI=1S/C24H28N4O2/c1-24(2,3)18-12-10-17(11-13-18)22(29)25-19-14-20(28(4)15-19)23-26-21(27-30-23)16-8-6-5-7-9-16/h5-13,19-20H,14-15H2,1-4H3,(H,25,29)/t19-,20+/m1/s1. The summed E-state index contributed by atoms with van der Waals surface area (Å²) in [5.41, 5.74) is 2.89. The lowest BCUT2D eigenvalue weighted by atomic mass is 9.86. The van der Waals surface area contributed by atoms with Gasteiger partial charge in [0.05, 0.1) is 6.04 Å². The van der Waals surface area contributed by atoms with Gasteiger partial charge in [0.2, 0.25) is 11.7 Å². The number of rotatable bonds is 4. The molecule has 0 bridgehead atoms. The van der Waals surface area contributed by atoms with Gasteiger partial charge in [0.15, 0.2) is 0 Å². The van der Waals surface area contributed by atoms with E-state index in [2.05, 4.69) is 41.1 Å². The molecule has 4 rings (SSSR count). The largest absolute Gasteiger partial charge is 0.348 e. The van der Waals surface area contributed by atoms with Crippen LogP contribution < -0.4 is 5.32 Å². The fourth-order valence-corrected chi connectivity index (χ4v) is 3.86. The van der Waals surface area contributed by atoms with Gasteiger partial charge in [0.25, 0.3) is 5.91 Å². The maximum Gasteiger partial charge on any atom is 0.251 e. The van der Waals surface area contributed by atoms with Crippen LogP contribution in [-0.4, -0.2) is 40.6 Å². The summed E-state index contributed by atoms with van der Waals surface area (Å²) in [7, 11) is 2.02. The molecule has 1 saturated heterocycles. The van der Waals surface area contributed by atoms with Crippen molar-refractivity contribution >= 4 is 5.91 Å². The Hall–Kier alpha value is -2.99. The predicted octanol–water partition coefficient (Wildman–Crippen LogP) is 4.21. The zero-order valence-corrected chi connectivity index (χ0v) is 17.9. The number of aromatic nitrogens is 2. The predicted molar refractivity (Wildman–Crippen MR) is 116 cm³/mol. The first-order valence-corrected chi connectivity index (χ1v) is 10.3. The van der Waals surface area contributed by atoms with Crippen LogP contribution in [-0.2, 0) is 5.41 Å². The van der Waals surface area contributed by atoms with E-state index in [-0.39, 0.29) is 23.4 Å². The Bertz CT molecular complexity index is 1010. The van der Waals surface area contributed by atoms with E-state index in [0.29, 0.717) is 17.3 Å². The van der Waals surface area contributed by atoms with Crippen molar-refractivity contribution in [3.05, 3.63) is 71.6 Å². The molecule has 1 amide bonds. The molecule has 156 valence electrons. The highest BCUT2D eigenvalue weighted by molar-refractivity contribution is 5.94. The second-order valence-corrected chi connectivity index (χ2v) is 9.01. The number of hydrogen-bond acceptors (Lipinski definition) is 5. The van der Waals surface area contributed by atoms with Gasteiger partial charge < -0.3 is 9.84 Å². The number of amides is 1. The van der Waals surface area contributed by atoms with Crippen LogP contribution in [0.2, 0.25) is 0 Å². The third kappa shape index (κ3) is 4.28. The van der Waals surface area contributed by atoms with Crippen molar-refractivity contribution in [3.63, 3.8) is 0 Å². The minimum absolute atomic E-state index is 0.0106. The van der Waals surface area contributed by atoms with E-state index in [9.17, 15) is 4.79 Å². The van der Waals surface area contributed by atoms with Crippen molar-refractivity contribution in [2.75, 3.05) is 13.6 Å². The highest BCUT2D eigenvalue weighted by atomic mass is 16.5. The van der Waals surface area contributed by atoms with Gasteiger partial charge in [-0.05, 0) is 36.6 Å². The molecule has 30 heavy (non-hydrogen) atoms. The number of nitrogens with one attached hydrogen (secondary N) is 1. The fraction of sp³-hybridized carbons (Fsp3) is 0.375. The summed E-state index contributed by atoms with van der Waals surface area (Å²) < 4.78 is 5.54. The smallest absolute Gasteiger partial charge is 0.251 e. The molecule has 1 fully saturated rings. The number of benzene rings is 2. The summed E-state index contributed by atoms with van der Waals surface area (Å²) in [5, 5.41) is 7.28. The molecule has 2 heterocycles. The monoisotopic (exact) mass is 404 g/mol. The Morgan fingerprint density at radius 2 is 1.80 bits per heavy atom. The van der Waals surface area contributed by atoms with Crippen LogP contribution in [0.5, 0.6) is 0 Å². The number of carbonyl (C=O) groups is 1. The van der Waals surface area contributed by atoms with E-state index in [1.807, 2.05) is 61.6 Å². The van der Waals surface area contributed by atoms with Crippen LogP contribution in [0, 0.1) is 0 Å². The Labute approximate surface area is 177 Å². The molecular weight excluding hydrogens is 376 g/mol. The first-order valence-electron chi connectivity index (χ1n) is 10.3. The summed E-state index contributed by atoms with van der Waals surface area (Å²) in [6.07, 6.45) is 0.735. The summed E-state index contributed by atoms with van der Waals surface area (Å²) in [4.78, 5) is 19.5. The highest BCUT2D eigenvalue weighted by Gasteiger charge is 2.35.